The van der Waals surface area contributed by atoms with Gasteiger partial charge in [-0.3, -0.25) is 4.79 Å². The van der Waals surface area contributed by atoms with Gasteiger partial charge >= 0.3 is 6.18 Å². The fourth-order valence-electron chi connectivity index (χ4n) is 1.51. The topological polar surface area (TPSA) is 30.0 Å². The maximum atomic E-state index is 12.5. The molecule has 0 unspecified atom stereocenters. The number of carbonyl (C=O) groups is 1. The van der Waals surface area contributed by atoms with Crippen LogP contribution >= 0.6 is 11.3 Å². The predicted octanol–water partition coefficient (Wildman–Crippen LogP) is 7.81. The fourth-order valence-corrected chi connectivity index (χ4v) is 2.31. The van der Waals surface area contributed by atoms with Crippen LogP contribution in [0.1, 0.15) is 74.6 Å². The van der Waals surface area contributed by atoms with Gasteiger partial charge in [-0.05, 0) is 6.92 Å². The summed E-state index contributed by atoms with van der Waals surface area (Å²) >= 11 is 0.620. The van der Waals surface area contributed by atoms with Crippen molar-refractivity contribution >= 4 is 17.6 Å². The maximum Gasteiger partial charge on any atom is 0.443 e. The minimum absolute atomic E-state index is 0.310. The van der Waals surface area contributed by atoms with Crippen LogP contribution in [-0.4, -0.2) is 11.3 Å². The van der Waals surface area contributed by atoms with Crippen LogP contribution in [0.15, 0.2) is 24.3 Å². The average Bonchev–Trinajstić information content (AvgIpc) is 3.07. The van der Waals surface area contributed by atoms with Crippen molar-refractivity contribution in [2.24, 2.45) is 0 Å². The van der Waals surface area contributed by atoms with Crippen LogP contribution < -0.4 is 0 Å². The summed E-state index contributed by atoms with van der Waals surface area (Å²) in [5.74, 6) is 0. The molecule has 0 aliphatic rings. The Bertz CT molecular complexity index is 603. The Morgan fingerprint density at radius 3 is 1.77 bits per heavy atom. The molecule has 26 heavy (non-hydrogen) atoms. The number of hydrogen-bond acceptors (Lipinski definition) is 3. The van der Waals surface area contributed by atoms with Gasteiger partial charge in [0.15, 0.2) is 5.01 Å². The molecular weight excluding hydrogens is 359 g/mol. The van der Waals surface area contributed by atoms with E-state index in [2.05, 4.69) is 18.8 Å². The standard InChI is InChI=1S/C12H8F3NOS.C4H10.2C2H6/c1-7-10(16-11(18-7)12(13,14)15)9-4-2-8(6-17)3-5-9;1-3-4-2;2*1-2/h2-6H,1H3;3-4H2,1-2H3;2*1-2H3. The van der Waals surface area contributed by atoms with E-state index in [0.29, 0.717) is 39.3 Å². The number of aryl methyl sites for hydroxylation is 1. The molecule has 0 bridgehead atoms. The van der Waals surface area contributed by atoms with E-state index in [4.69, 9.17) is 0 Å². The molecule has 2 rings (SSSR count). The van der Waals surface area contributed by atoms with E-state index >= 15 is 0 Å². The number of rotatable bonds is 3. The Hall–Kier alpha value is -1.69. The molecule has 1 aromatic heterocycles. The molecule has 148 valence electrons. The average molecular weight is 390 g/mol. The van der Waals surface area contributed by atoms with Gasteiger partial charge in [0.25, 0.3) is 0 Å². The van der Waals surface area contributed by atoms with E-state index in [1.165, 1.54) is 12.8 Å². The summed E-state index contributed by atoms with van der Waals surface area (Å²) in [5.41, 5.74) is 1.36. The summed E-state index contributed by atoms with van der Waals surface area (Å²) in [6.07, 6.45) is -1.10. The zero-order chi connectivity index (χ0) is 20.8. The van der Waals surface area contributed by atoms with Gasteiger partial charge in [0, 0.05) is 16.0 Å². The van der Waals surface area contributed by atoms with Crippen molar-refractivity contribution in [1.82, 2.24) is 4.98 Å². The summed E-state index contributed by atoms with van der Waals surface area (Å²) in [6, 6.07) is 6.28. The van der Waals surface area contributed by atoms with Crippen molar-refractivity contribution in [3.8, 4) is 11.3 Å². The van der Waals surface area contributed by atoms with Crippen molar-refractivity contribution in [3.05, 3.63) is 39.7 Å². The van der Waals surface area contributed by atoms with Crippen LogP contribution in [0.5, 0.6) is 0 Å². The van der Waals surface area contributed by atoms with Gasteiger partial charge in [0.05, 0.1) is 5.69 Å². The largest absolute Gasteiger partial charge is 0.443 e. The Labute approximate surface area is 159 Å². The third kappa shape index (κ3) is 9.13. The minimum atomic E-state index is -4.42. The first kappa shape index (κ1) is 26.5. The molecule has 2 nitrogen and oxygen atoms in total. The van der Waals surface area contributed by atoms with Crippen LogP contribution in [-0.2, 0) is 6.18 Å². The number of thiazole rings is 1. The van der Waals surface area contributed by atoms with Gasteiger partial charge in [0.1, 0.15) is 6.29 Å². The Kier molecular flexibility index (Phi) is 14.8. The van der Waals surface area contributed by atoms with Crippen LogP contribution in [0.4, 0.5) is 13.2 Å². The number of halogens is 3. The third-order valence-corrected chi connectivity index (χ3v) is 3.87. The number of aldehydes is 1. The molecule has 0 aliphatic carbocycles. The van der Waals surface area contributed by atoms with E-state index in [-0.39, 0.29) is 0 Å². The zero-order valence-electron chi connectivity index (χ0n) is 16.7. The molecule has 1 heterocycles. The number of alkyl halides is 3. The van der Waals surface area contributed by atoms with Crippen LogP contribution in [0.3, 0.4) is 0 Å². The second kappa shape index (κ2) is 14.5. The summed E-state index contributed by atoms with van der Waals surface area (Å²) in [4.78, 5) is 14.6. The van der Waals surface area contributed by atoms with Crippen molar-refractivity contribution < 1.29 is 18.0 Å². The molecule has 0 saturated heterocycles. The number of hydrogen-bond donors (Lipinski definition) is 0. The van der Waals surface area contributed by atoms with Crippen molar-refractivity contribution in [3.63, 3.8) is 0 Å². The lowest BCUT2D eigenvalue weighted by atomic mass is 10.1. The quantitative estimate of drug-likeness (QED) is 0.501. The van der Waals surface area contributed by atoms with Gasteiger partial charge in [-0.15, -0.1) is 11.3 Å². The molecule has 0 saturated carbocycles. The molecule has 0 aliphatic heterocycles. The van der Waals surface area contributed by atoms with E-state index in [0.717, 1.165) is 0 Å². The fraction of sp³-hybridized carbons (Fsp3) is 0.500. The minimum Gasteiger partial charge on any atom is -0.298 e. The molecule has 0 radical (unpaired) electrons. The number of benzene rings is 1. The first-order valence-electron chi connectivity index (χ1n) is 8.93. The first-order chi connectivity index (χ1) is 12.3. The number of nitrogens with zero attached hydrogens (tertiary/aromatic N) is 1. The molecule has 0 atom stereocenters. The molecule has 0 spiro atoms. The summed E-state index contributed by atoms with van der Waals surface area (Å²) in [6.45, 7) is 14.0. The van der Waals surface area contributed by atoms with Gasteiger partial charge in [-0.2, -0.15) is 13.2 Å². The lowest BCUT2D eigenvalue weighted by Crippen LogP contribution is -2.03. The number of carbonyl (C=O) groups excluding carboxylic acids is 1. The highest BCUT2D eigenvalue weighted by atomic mass is 32.1. The lowest BCUT2D eigenvalue weighted by Gasteiger charge is -2.00. The highest BCUT2D eigenvalue weighted by Crippen LogP contribution is 2.37. The summed E-state index contributed by atoms with van der Waals surface area (Å²) in [5, 5.41) is -0.852. The van der Waals surface area contributed by atoms with Crippen molar-refractivity contribution in [2.75, 3.05) is 0 Å². The predicted molar refractivity (Wildman–Crippen MR) is 106 cm³/mol. The number of aromatic nitrogens is 1. The molecular formula is C20H30F3NOS. The van der Waals surface area contributed by atoms with Crippen LogP contribution in [0.2, 0.25) is 0 Å². The molecule has 2 aromatic rings. The normalized spacial score (nSPS) is 9.62. The van der Waals surface area contributed by atoms with Crippen molar-refractivity contribution in [2.45, 2.75) is 67.5 Å². The summed E-state index contributed by atoms with van der Waals surface area (Å²) < 4.78 is 37.6. The Balaban J connectivity index is 0. The van der Waals surface area contributed by atoms with E-state index in [9.17, 15) is 18.0 Å². The second-order valence-corrected chi connectivity index (χ2v) is 5.86. The van der Waals surface area contributed by atoms with Gasteiger partial charge in [-0.25, -0.2) is 4.98 Å². The molecule has 0 fully saturated rings. The maximum absolute atomic E-state index is 12.5. The van der Waals surface area contributed by atoms with Crippen LogP contribution in [0.25, 0.3) is 11.3 Å². The number of unbranched alkanes of at least 4 members (excludes halogenated alkanes) is 1. The SMILES string of the molecule is CC.CC.CCCC.Cc1sc(C(F)(F)F)nc1-c1ccc(C=O)cc1. The van der Waals surface area contributed by atoms with Crippen LogP contribution in [0, 0.1) is 6.92 Å². The van der Waals surface area contributed by atoms with E-state index in [1.54, 1.807) is 31.2 Å². The molecule has 0 N–H and O–H groups in total. The summed E-state index contributed by atoms with van der Waals surface area (Å²) in [7, 11) is 0. The Morgan fingerprint density at radius 1 is 1.00 bits per heavy atom. The van der Waals surface area contributed by atoms with E-state index < -0.39 is 11.2 Å². The third-order valence-electron chi connectivity index (χ3n) is 2.86. The highest BCUT2D eigenvalue weighted by Gasteiger charge is 2.35. The molecule has 1 aromatic carbocycles. The second-order valence-electron chi connectivity index (χ2n) is 4.66. The van der Waals surface area contributed by atoms with Crippen molar-refractivity contribution in [1.29, 1.82) is 0 Å². The first-order valence-corrected chi connectivity index (χ1v) is 9.75. The smallest absolute Gasteiger partial charge is 0.298 e. The molecule has 0 amide bonds. The van der Waals surface area contributed by atoms with Gasteiger partial charge in [-0.1, -0.05) is 78.6 Å². The molecule has 6 heteroatoms. The highest BCUT2D eigenvalue weighted by molar-refractivity contribution is 7.12. The zero-order valence-corrected chi connectivity index (χ0v) is 17.5. The van der Waals surface area contributed by atoms with Gasteiger partial charge in [0.2, 0.25) is 0 Å². The Morgan fingerprint density at radius 2 is 1.46 bits per heavy atom. The monoisotopic (exact) mass is 389 g/mol. The van der Waals surface area contributed by atoms with E-state index in [1.807, 2.05) is 27.7 Å². The lowest BCUT2D eigenvalue weighted by molar-refractivity contribution is -0.137. The van der Waals surface area contributed by atoms with Gasteiger partial charge < -0.3 is 0 Å².